The van der Waals surface area contributed by atoms with E-state index < -0.39 is 10.8 Å². The van der Waals surface area contributed by atoms with Crippen molar-refractivity contribution in [3.8, 4) is 6.07 Å². The van der Waals surface area contributed by atoms with E-state index in [-0.39, 0.29) is 5.75 Å². The van der Waals surface area contributed by atoms with Gasteiger partial charge in [0.05, 0.1) is 6.07 Å². The van der Waals surface area contributed by atoms with E-state index in [0.717, 1.165) is 6.42 Å². The van der Waals surface area contributed by atoms with E-state index in [1.165, 1.54) is 0 Å². The summed E-state index contributed by atoms with van der Waals surface area (Å²) in [4.78, 5) is 0. The van der Waals surface area contributed by atoms with Crippen LogP contribution in [0.1, 0.15) is 20.3 Å². The highest BCUT2D eigenvalue weighted by Gasteiger charge is 2.03. The first kappa shape index (κ1) is 9.64. The first-order valence-electron chi connectivity index (χ1n) is 3.42. The summed E-state index contributed by atoms with van der Waals surface area (Å²) in [6, 6.07) is 1.90. The van der Waals surface area contributed by atoms with Gasteiger partial charge in [0.2, 0.25) is 0 Å². The molecular formula is C7H13NOS. The molecule has 0 amide bonds. The Bertz CT molecular complexity index is 150. The molecule has 0 heterocycles. The van der Waals surface area contributed by atoms with E-state index in [4.69, 9.17) is 5.26 Å². The molecule has 0 aromatic heterocycles. The molecule has 2 atom stereocenters. The van der Waals surface area contributed by atoms with E-state index in [1.807, 2.05) is 6.07 Å². The fraction of sp³-hybridized carbons (Fsp3) is 0.857. The predicted octanol–water partition coefficient (Wildman–Crippen LogP) is 1.30. The van der Waals surface area contributed by atoms with Crippen LogP contribution in [0, 0.1) is 17.2 Å². The lowest BCUT2D eigenvalue weighted by Gasteiger charge is -2.04. The lowest BCUT2D eigenvalue weighted by molar-refractivity contribution is 0.617. The normalized spacial score (nSPS) is 15.7. The van der Waals surface area contributed by atoms with E-state index in [0.29, 0.717) is 11.7 Å². The Labute approximate surface area is 64.7 Å². The average molecular weight is 159 g/mol. The zero-order valence-corrected chi connectivity index (χ0v) is 7.28. The molecule has 0 aromatic carbocycles. The van der Waals surface area contributed by atoms with Crippen molar-refractivity contribution in [3.63, 3.8) is 0 Å². The van der Waals surface area contributed by atoms with Crippen LogP contribution in [0.3, 0.4) is 0 Å². The minimum absolute atomic E-state index is 0.185. The van der Waals surface area contributed by atoms with Crippen LogP contribution in [0.2, 0.25) is 0 Å². The molecule has 2 unspecified atom stereocenters. The van der Waals surface area contributed by atoms with E-state index >= 15 is 0 Å². The van der Waals surface area contributed by atoms with Crippen molar-refractivity contribution in [2.24, 2.45) is 5.92 Å². The van der Waals surface area contributed by atoms with Gasteiger partial charge in [-0.15, -0.1) is 0 Å². The van der Waals surface area contributed by atoms with Crippen LogP contribution in [0.25, 0.3) is 0 Å². The largest absolute Gasteiger partial charge is 0.259 e. The number of rotatable bonds is 4. The van der Waals surface area contributed by atoms with Gasteiger partial charge in [0.15, 0.2) is 0 Å². The van der Waals surface area contributed by atoms with Crippen molar-refractivity contribution in [1.29, 1.82) is 5.26 Å². The molecule has 3 heteroatoms. The molecule has 0 aromatic rings. The first-order chi connectivity index (χ1) is 4.70. The number of nitriles is 1. The fourth-order valence-electron chi connectivity index (χ4n) is 0.566. The standard InChI is InChI=1S/C7H13NOS/c1-3-7(2)6-10(9)5-4-8/h7H,3,5-6H2,1-2H3. The Hall–Kier alpha value is -0.360. The van der Waals surface area contributed by atoms with Gasteiger partial charge in [-0.2, -0.15) is 5.26 Å². The molecule has 0 aliphatic rings. The summed E-state index contributed by atoms with van der Waals surface area (Å²) in [6.07, 6.45) is 1.04. The minimum atomic E-state index is -0.911. The molecule has 0 aliphatic heterocycles. The molecular weight excluding hydrogens is 146 g/mol. The van der Waals surface area contributed by atoms with Crippen molar-refractivity contribution in [2.45, 2.75) is 20.3 Å². The van der Waals surface area contributed by atoms with Gasteiger partial charge >= 0.3 is 0 Å². The van der Waals surface area contributed by atoms with Crippen LogP contribution < -0.4 is 0 Å². The van der Waals surface area contributed by atoms with Crippen molar-refractivity contribution >= 4 is 10.8 Å². The Morgan fingerprint density at radius 3 is 2.70 bits per heavy atom. The maximum atomic E-state index is 10.9. The maximum absolute atomic E-state index is 10.9. The van der Waals surface area contributed by atoms with Gasteiger partial charge in [-0.1, -0.05) is 20.3 Å². The molecule has 58 valence electrons. The molecule has 0 saturated heterocycles. The van der Waals surface area contributed by atoms with Gasteiger partial charge in [0.25, 0.3) is 0 Å². The molecule has 0 spiro atoms. The van der Waals surface area contributed by atoms with Crippen molar-refractivity contribution < 1.29 is 4.21 Å². The van der Waals surface area contributed by atoms with Crippen LogP contribution in [-0.4, -0.2) is 15.7 Å². The summed E-state index contributed by atoms with van der Waals surface area (Å²) in [5, 5.41) is 8.18. The van der Waals surface area contributed by atoms with Crippen LogP contribution in [0.5, 0.6) is 0 Å². The zero-order valence-electron chi connectivity index (χ0n) is 6.46. The predicted molar refractivity (Wildman–Crippen MR) is 42.9 cm³/mol. The van der Waals surface area contributed by atoms with Crippen molar-refractivity contribution in [2.75, 3.05) is 11.5 Å². The second kappa shape index (κ2) is 5.43. The highest BCUT2D eigenvalue weighted by molar-refractivity contribution is 7.85. The maximum Gasteiger partial charge on any atom is 0.111 e. The smallest absolute Gasteiger partial charge is 0.111 e. The Morgan fingerprint density at radius 1 is 1.70 bits per heavy atom. The summed E-state index contributed by atoms with van der Waals surface area (Å²) >= 11 is 0. The molecule has 2 nitrogen and oxygen atoms in total. The van der Waals surface area contributed by atoms with Gasteiger partial charge in [-0.25, -0.2) is 0 Å². The van der Waals surface area contributed by atoms with E-state index in [9.17, 15) is 4.21 Å². The van der Waals surface area contributed by atoms with E-state index in [1.54, 1.807) is 0 Å². The topological polar surface area (TPSA) is 40.9 Å². The van der Waals surface area contributed by atoms with Crippen LogP contribution in [-0.2, 0) is 10.8 Å². The molecule has 0 fully saturated rings. The molecule has 10 heavy (non-hydrogen) atoms. The minimum Gasteiger partial charge on any atom is -0.259 e. The Morgan fingerprint density at radius 2 is 2.30 bits per heavy atom. The zero-order chi connectivity index (χ0) is 7.98. The molecule has 0 saturated carbocycles. The van der Waals surface area contributed by atoms with Gasteiger partial charge in [0.1, 0.15) is 5.75 Å². The molecule has 0 bridgehead atoms. The summed E-state index contributed by atoms with van der Waals surface area (Å²) in [5.41, 5.74) is 0. The van der Waals surface area contributed by atoms with Crippen molar-refractivity contribution in [1.82, 2.24) is 0 Å². The SMILES string of the molecule is CCC(C)CS(=O)CC#N. The summed E-state index contributed by atoms with van der Waals surface area (Å²) in [5.74, 6) is 1.34. The summed E-state index contributed by atoms with van der Waals surface area (Å²) in [7, 11) is -0.911. The van der Waals surface area contributed by atoms with E-state index in [2.05, 4.69) is 13.8 Å². The molecule has 0 N–H and O–H groups in total. The van der Waals surface area contributed by atoms with Crippen LogP contribution in [0.4, 0.5) is 0 Å². The number of hydrogen-bond donors (Lipinski definition) is 0. The van der Waals surface area contributed by atoms with Gasteiger partial charge < -0.3 is 0 Å². The average Bonchev–Trinajstić information content (AvgIpc) is 1.88. The van der Waals surface area contributed by atoms with Crippen LogP contribution >= 0.6 is 0 Å². The second-order valence-corrected chi connectivity index (χ2v) is 3.92. The lowest BCUT2D eigenvalue weighted by Crippen LogP contribution is -2.08. The third-order valence-electron chi connectivity index (χ3n) is 1.39. The van der Waals surface area contributed by atoms with Gasteiger partial charge in [-0.3, -0.25) is 4.21 Å². The molecule has 0 rings (SSSR count). The monoisotopic (exact) mass is 159 g/mol. The highest BCUT2D eigenvalue weighted by Crippen LogP contribution is 2.02. The fourth-order valence-corrected chi connectivity index (χ4v) is 1.70. The second-order valence-electron chi connectivity index (χ2n) is 2.42. The van der Waals surface area contributed by atoms with Gasteiger partial charge in [0, 0.05) is 16.6 Å². The quantitative estimate of drug-likeness (QED) is 0.620. The van der Waals surface area contributed by atoms with Crippen molar-refractivity contribution in [3.05, 3.63) is 0 Å². The Balaban J connectivity index is 3.49. The van der Waals surface area contributed by atoms with Crippen LogP contribution in [0.15, 0.2) is 0 Å². The summed E-state index contributed by atoms with van der Waals surface area (Å²) in [6.45, 7) is 4.11. The molecule has 0 radical (unpaired) electrons. The first-order valence-corrected chi connectivity index (χ1v) is 4.91. The summed E-state index contributed by atoms with van der Waals surface area (Å²) < 4.78 is 10.9. The number of hydrogen-bond acceptors (Lipinski definition) is 2. The van der Waals surface area contributed by atoms with Gasteiger partial charge in [-0.05, 0) is 5.92 Å². The third-order valence-corrected chi connectivity index (χ3v) is 2.78. The Kier molecular flexibility index (Phi) is 5.23. The lowest BCUT2D eigenvalue weighted by atomic mass is 10.2. The third kappa shape index (κ3) is 4.51. The highest BCUT2D eigenvalue weighted by atomic mass is 32.2. The number of nitrogens with zero attached hydrogens (tertiary/aromatic N) is 1. The molecule has 0 aliphatic carbocycles.